The molecule has 0 radical (unpaired) electrons. The summed E-state index contributed by atoms with van der Waals surface area (Å²) in [7, 11) is 0. The number of thioether (sulfide) groups is 1. The van der Waals surface area contributed by atoms with Gasteiger partial charge in [0.05, 0.1) is 5.75 Å². The zero-order chi connectivity index (χ0) is 18.3. The summed E-state index contributed by atoms with van der Waals surface area (Å²) >= 11 is 2.62. The highest BCUT2D eigenvalue weighted by Crippen LogP contribution is 2.27. The van der Waals surface area contributed by atoms with Gasteiger partial charge >= 0.3 is 0 Å². The van der Waals surface area contributed by atoms with E-state index in [1.54, 1.807) is 12.1 Å². The molecule has 0 unspecified atom stereocenters. The number of amides is 1. The van der Waals surface area contributed by atoms with E-state index >= 15 is 0 Å². The van der Waals surface area contributed by atoms with Crippen LogP contribution in [0.1, 0.15) is 26.7 Å². The normalized spacial score (nSPS) is 11.0. The van der Waals surface area contributed by atoms with Gasteiger partial charge in [-0.05, 0) is 37.1 Å². The minimum absolute atomic E-state index is 0.130. The van der Waals surface area contributed by atoms with Crippen LogP contribution in [0.15, 0.2) is 28.6 Å². The maximum absolute atomic E-state index is 12.9. The van der Waals surface area contributed by atoms with Crippen LogP contribution in [0.2, 0.25) is 0 Å². The van der Waals surface area contributed by atoms with E-state index in [0.29, 0.717) is 22.3 Å². The number of aromatic nitrogens is 2. The summed E-state index contributed by atoms with van der Waals surface area (Å²) in [6.45, 7) is 3.91. The van der Waals surface area contributed by atoms with E-state index in [9.17, 15) is 9.18 Å². The van der Waals surface area contributed by atoms with Gasteiger partial charge < -0.3 is 10.6 Å². The van der Waals surface area contributed by atoms with E-state index < -0.39 is 5.54 Å². The summed E-state index contributed by atoms with van der Waals surface area (Å²) in [6.07, 6.45) is 6.91. The average molecular weight is 378 g/mol. The number of nitrogens with zero attached hydrogens (tertiary/aromatic N) is 2. The number of hydrogen-bond acceptors (Lipinski definition) is 6. The zero-order valence-corrected chi connectivity index (χ0v) is 15.6. The van der Waals surface area contributed by atoms with Crippen LogP contribution in [0, 0.1) is 18.2 Å². The van der Waals surface area contributed by atoms with Gasteiger partial charge in [0.15, 0.2) is 4.34 Å². The van der Waals surface area contributed by atoms with Gasteiger partial charge in [-0.25, -0.2) is 4.39 Å². The molecule has 0 aliphatic rings. The Morgan fingerprint density at radius 3 is 2.60 bits per heavy atom. The molecule has 2 rings (SSSR count). The number of rotatable bonds is 8. The zero-order valence-electron chi connectivity index (χ0n) is 14.0. The van der Waals surface area contributed by atoms with Crippen LogP contribution < -0.4 is 10.6 Å². The maximum atomic E-state index is 12.9. The number of terminal acetylenes is 1. The first-order valence-corrected chi connectivity index (χ1v) is 9.58. The van der Waals surface area contributed by atoms with E-state index in [4.69, 9.17) is 6.42 Å². The molecule has 0 spiro atoms. The first kappa shape index (κ1) is 19.2. The highest BCUT2D eigenvalue weighted by molar-refractivity contribution is 8.01. The lowest BCUT2D eigenvalue weighted by Gasteiger charge is -2.26. The first-order chi connectivity index (χ1) is 12.0. The predicted octanol–water partition coefficient (Wildman–Crippen LogP) is 3.82. The lowest BCUT2D eigenvalue weighted by atomic mass is 9.94. The molecule has 1 aromatic heterocycles. The third-order valence-corrected chi connectivity index (χ3v) is 5.66. The van der Waals surface area contributed by atoms with Crippen molar-refractivity contribution in [1.29, 1.82) is 0 Å². The van der Waals surface area contributed by atoms with Crippen molar-refractivity contribution in [3.63, 3.8) is 0 Å². The van der Waals surface area contributed by atoms with E-state index in [1.165, 1.54) is 35.2 Å². The average Bonchev–Trinajstić information content (AvgIpc) is 3.07. The number of benzene rings is 1. The fourth-order valence-electron chi connectivity index (χ4n) is 2.07. The minimum atomic E-state index is -0.589. The summed E-state index contributed by atoms with van der Waals surface area (Å²) in [6, 6.07) is 5.96. The second-order valence-electron chi connectivity index (χ2n) is 5.28. The van der Waals surface area contributed by atoms with Crippen molar-refractivity contribution >= 4 is 39.8 Å². The molecule has 0 atom stereocenters. The van der Waals surface area contributed by atoms with Gasteiger partial charge in [-0.2, -0.15) is 0 Å². The molecule has 1 aromatic carbocycles. The van der Waals surface area contributed by atoms with Gasteiger partial charge in [0, 0.05) is 5.69 Å². The summed E-state index contributed by atoms with van der Waals surface area (Å²) in [4.78, 5) is 12.1. The Kier molecular flexibility index (Phi) is 6.79. The van der Waals surface area contributed by atoms with Crippen molar-refractivity contribution in [2.75, 3.05) is 11.1 Å². The lowest BCUT2D eigenvalue weighted by molar-refractivity contribution is -0.119. The molecular formula is C17H19FN4OS2. The first-order valence-electron chi connectivity index (χ1n) is 7.78. The number of nitrogens with one attached hydrogen (secondary N) is 2. The molecule has 0 fully saturated rings. The molecule has 0 aliphatic heterocycles. The van der Waals surface area contributed by atoms with Crippen LogP contribution in [-0.4, -0.2) is 27.4 Å². The number of anilines is 2. The number of hydrogen-bond donors (Lipinski definition) is 2. The molecule has 0 saturated heterocycles. The molecule has 0 aliphatic carbocycles. The number of halogens is 1. The molecule has 1 amide bonds. The molecule has 0 saturated carbocycles. The molecule has 25 heavy (non-hydrogen) atoms. The SMILES string of the molecule is C#CC(CC)(CC)NC(=O)CSc1nnc(Nc2ccc(F)cc2)s1. The van der Waals surface area contributed by atoms with Crippen LogP contribution in [0.5, 0.6) is 0 Å². The van der Waals surface area contributed by atoms with Crippen LogP contribution >= 0.6 is 23.1 Å². The van der Waals surface area contributed by atoms with Gasteiger partial charge in [-0.1, -0.05) is 42.9 Å². The third kappa shape index (κ3) is 5.44. The Morgan fingerprint density at radius 2 is 2.00 bits per heavy atom. The van der Waals surface area contributed by atoms with Crippen LogP contribution in [0.25, 0.3) is 0 Å². The monoisotopic (exact) mass is 378 g/mol. The Balaban J connectivity index is 1.88. The van der Waals surface area contributed by atoms with E-state index in [2.05, 4.69) is 26.8 Å². The standard InChI is InChI=1S/C17H19FN4OS2/c1-4-17(5-2,6-3)20-14(23)11-24-16-22-21-15(25-16)19-13-9-7-12(18)8-10-13/h1,7-10H,5-6,11H2,2-3H3,(H,19,21)(H,20,23). The maximum Gasteiger partial charge on any atom is 0.231 e. The molecule has 1 heterocycles. The number of carbonyl (C=O) groups excluding carboxylic acids is 1. The molecule has 2 N–H and O–H groups in total. The highest BCUT2D eigenvalue weighted by atomic mass is 32.2. The van der Waals surface area contributed by atoms with Gasteiger partial charge in [-0.15, -0.1) is 16.6 Å². The number of carbonyl (C=O) groups is 1. The van der Waals surface area contributed by atoms with Crippen LogP contribution in [-0.2, 0) is 4.79 Å². The van der Waals surface area contributed by atoms with Crippen molar-refractivity contribution in [3.05, 3.63) is 30.1 Å². The highest BCUT2D eigenvalue weighted by Gasteiger charge is 2.25. The molecule has 0 bridgehead atoms. The second kappa shape index (κ2) is 8.83. The topological polar surface area (TPSA) is 66.9 Å². The van der Waals surface area contributed by atoms with Gasteiger partial charge in [0.2, 0.25) is 11.0 Å². The van der Waals surface area contributed by atoms with E-state index in [1.807, 2.05) is 13.8 Å². The van der Waals surface area contributed by atoms with Crippen molar-refractivity contribution in [3.8, 4) is 12.3 Å². The quantitative estimate of drug-likeness (QED) is 0.540. The van der Waals surface area contributed by atoms with Crippen LogP contribution in [0.4, 0.5) is 15.2 Å². The third-order valence-electron chi connectivity index (χ3n) is 3.69. The fraction of sp³-hybridized carbons (Fsp3) is 0.353. The van der Waals surface area contributed by atoms with Crippen molar-refractivity contribution in [2.45, 2.75) is 36.6 Å². The summed E-state index contributed by atoms with van der Waals surface area (Å²) in [5, 5.41) is 14.6. The Bertz CT molecular complexity index is 751. The van der Waals surface area contributed by atoms with Gasteiger partial charge in [0.1, 0.15) is 11.4 Å². The van der Waals surface area contributed by atoms with Crippen molar-refractivity contribution in [2.24, 2.45) is 0 Å². The summed E-state index contributed by atoms with van der Waals surface area (Å²) < 4.78 is 13.6. The molecule has 5 nitrogen and oxygen atoms in total. The van der Waals surface area contributed by atoms with Crippen molar-refractivity contribution < 1.29 is 9.18 Å². The van der Waals surface area contributed by atoms with Gasteiger partial charge in [-0.3, -0.25) is 4.79 Å². The molecule has 132 valence electrons. The second-order valence-corrected chi connectivity index (χ2v) is 7.48. The van der Waals surface area contributed by atoms with Crippen molar-refractivity contribution in [1.82, 2.24) is 15.5 Å². The summed E-state index contributed by atoms with van der Waals surface area (Å²) in [5.74, 6) is 2.46. The van der Waals surface area contributed by atoms with E-state index in [0.717, 1.165) is 5.69 Å². The smallest absolute Gasteiger partial charge is 0.231 e. The molecule has 2 aromatic rings. The largest absolute Gasteiger partial charge is 0.339 e. The van der Waals surface area contributed by atoms with Crippen LogP contribution in [0.3, 0.4) is 0 Å². The predicted molar refractivity (Wildman–Crippen MR) is 101 cm³/mol. The van der Waals surface area contributed by atoms with Gasteiger partial charge in [0.25, 0.3) is 0 Å². The minimum Gasteiger partial charge on any atom is -0.339 e. The Morgan fingerprint density at radius 1 is 1.32 bits per heavy atom. The molecule has 8 heteroatoms. The molecular weight excluding hydrogens is 359 g/mol. The fourth-order valence-corrected chi connectivity index (χ4v) is 3.64. The Hall–Kier alpha value is -2.11. The van der Waals surface area contributed by atoms with E-state index in [-0.39, 0.29) is 17.5 Å². The summed E-state index contributed by atoms with van der Waals surface area (Å²) in [5.41, 5.74) is 0.130. The lowest BCUT2D eigenvalue weighted by Crippen LogP contribution is -2.47. The Labute approximate surface area is 154 Å².